The van der Waals surface area contributed by atoms with E-state index >= 15 is 0 Å². The van der Waals surface area contributed by atoms with Crippen molar-refractivity contribution in [3.8, 4) is 0 Å². The zero-order chi connectivity index (χ0) is 32.3. The standard InChI is InChI=1S/C46H33N3/c1-3-13-30(14-4-1)41-29-42(31-15-5-2-6-16-31)48-46(47-41)32-23-25-35(26-24-32)49-43-28-34-18-8-7-17-33(34)27-40(43)44-38-21-11-9-19-36(38)37-20-10-12-22-39(37)45(44)49/h1-23,25,27-29,41H,24,26H2,(H,47,48). The molecule has 232 valence electrons. The number of nitrogens with one attached hydrogen (secondary N) is 1. The van der Waals surface area contributed by atoms with Crippen LogP contribution < -0.4 is 5.32 Å². The largest absolute Gasteiger partial charge is 0.359 e. The van der Waals surface area contributed by atoms with Gasteiger partial charge in [-0.3, -0.25) is 0 Å². The molecule has 1 N–H and O–H groups in total. The Morgan fingerprint density at radius 1 is 0.571 bits per heavy atom. The topological polar surface area (TPSA) is 29.3 Å². The molecule has 0 amide bonds. The van der Waals surface area contributed by atoms with Gasteiger partial charge in [0, 0.05) is 21.9 Å². The van der Waals surface area contributed by atoms with Crippen LogP contribution in [0, 0.1) is 0 Å². The minimum Gasteiger partial charge on any atom is -0.359 e. The van der Waals surface area contributed by atoms with Crippen molar-refractivity contribution in [3.63, 3.8) is 0 Å². The van der Waals surface area contributed by atoms with Gasteiger partial charge in [0.15, 0.2) is 0 Å². The zero-order valence-electron chi connectivity index (χ0n) is 27.0. The first-order chi connectivity index (χ1) is 24.3. The van der Waals surface area contributed by atoms with Crippen LogP contribution in [0.3, 0.4) is 0 Å². The molecule has 3 nitrogen and oxygen atoms in total. The predicted octanol–water partition coefficient (Wildman–Crippen LogP) is 11.6. The quantitative estimate of drug-likeness (QED) is 0.193. The van der Waals surface area contributed by atoms with Crippen molar-refractivity contribution in [3.05, 3.63) is 181 Å². The molecule has 49 heavy (non-hydrogen) atoms. The molecule has 1 atom stereocenters. The molecular formula is C46H33N3. The minimum absolute atomic E-state index is 0.0421. The number of hydrogen-bond acceptors (Lipinski definition) is 2. The number of amidine groups is 1. The van der Waals surface area contributed by atoms with E-state index in [4.69, 9.17) is 4.99 Å². The molecule has 0 spiro atoms. The number of aliphatic imine (C=N–C) groups is 1. The molecule has 1 aromatic heterocycles. The van der Waals surface area contributed by atoms with Gasteiger partial charge in [0.1, 0.15) is 5.84 Å². The Morgan fingerprint density at radius 2 is 1.20 bits per heavy atom. The third kappa shape index (κ3) is 4.54. The summed E-state index contributed by atoms with van der Waals surface area (Å²) in [6.45, 7) is 0. The SMILES string of the molecule is C1=C(C2=NC(c3ccccc3)=CC(c3ccccc3)N2)CCC(n2c3cc4ccccc4cc3c3c4ccccc4c4ccccc4c32)=C1. The normalized spacial score (nSPS) is 16.4. The van der Waals surface area contributed by atoms with Crippen LogP contribution in [-0.2, 0) is 0 Å². The number of fused-ring (bicyclic) bond motifs is 9. The first-order valence-corrected chi connectivity index (χ1v) is 17.1. The molecule has 2 aliphatic rings. The van der Waals surface area contributed by atoms with Gasteiger partial charge in [0.25, 0.3) is 0 Å². The first kappa shape index (κ1) is 27.9. The van der Waals surface area contributed by atoms with Gasteiger partial charge in [0.05, 0.1) is 22.8 Å². The molecule has 1 unspecified atom stereocenters. The first-order valence-electron chi connectivity index (χ1n) is 17.1. The molecule has 10 rings (SSSR count). The van der Waals surface area contributed by atoms with E-state index in [-0.39, 0.29) is 6.04 Å². The summed E-state index contributed by atoms with van der Waals surface area (Å²) in [5, 5.41) is 14.1. The highest BCUT2D eigenvalue weighted by molar-refractivity contribution is 6.33. The van der Waals surface area contributed by atoms with Gasteiger partial charge in [0.2, 0.25) is 0 Å². The van der Waals surface area contributed by atoms with Crippen LogP contribution in [0.1, 0.15) is 30.0 Å². The molecule has 0 radical (unpaired) electrons. The van der Waals surface area contributed by atoms with Gasteiger partial charge < -0.3 is 9.88 Å². The summed E-state index contributed by atoms with van der Waals surface area (Å²) in [6, 6.07) is 52.6. The van der Waals surface area contributed by atoms with Crippen molar-refractivity contribution >= 4 is 71.4 Å². The number of hydrogen-bond donors (Lipinski definition) is 1. The van der Waals surface area contributed by atoms with E-state index in [0.29, 0.717) is 0 Å². The molecule has 3 heteroatoms. The Morgan fingerprint density at radius 3 is 1.94 bits per heavy atom. The molecular weight excluding hydrogens is 595 g/mol. The van der Waals surface area contributed by atoms with E-state index in [1.54, 1.807) is 0 Å². The maximum absolute atomic E-state index is 5.21. The van der Waals surface area contributed by atoms with Crippen LogP contribution in [0.2, 0.25) is 0 Å². The number of rotatable bonds is 4. The lowest BCUT2D eigenvalue weighted by molar-refractivity contribution is 0.772. The molecule has 0 saturated heterocycles. The zero-order valence-corrected chi connectivity index (χ0v) is 27.0. The number of benzene rings is 7. The summed E-state index contributed by atoms with van der Waals surface area (Å²) in [5.74, 6) is 0.954. The summed E-state index contributed by atoms with van der Waals surface area (Å²) in [6.07, 6.45) is 8.67. The van der Waals surface area contributed by atoms with Crippen molar-refractivity contribution in [2.45, 2.75) is 18.9 Å². The highest BCUT2D eigenvalue weighted by Gasteiger charge is 2.25. The molecule has 7 aromatic carbocycles. The Hall–Kier alpha value is -6.19. The van der Waals surface area contributed by atoms with Gasteiger partial charge in [-0.05, 0) is 80.8 Å². The average molecular weight is 628 g/mol. The lowest BCUT2D eigenvalue weighted by atomic mass is 9.96. The molecule has 8 aromatic rings. The maximum Gasteiger partial charge on any atom is 0.130 e. The van der Waals surface area contributed by atoms with Crippen LogP contribution in [0.4, 0.5) is 0 Å². The second-order valence-electron chi connectivity index (χ2n) is 13.1. The van der Waals surface area contributed by atoms with E-state index in [2.05, 4.69) is 174 Å². The van der Waals surface area contributed by atoms with Gasteiger partial charge in [-0.1, -0.05) is 140 Å². The van der Waals surface area contributed by atoms with Crippen LogP contribution >= 0.6 is 0 Å². The van der Waals surface area contributed by atoms with E-state index in [1.165, 1.54) is 71.0 Å². The number of nitrogens with zero attached hydrogens (tertiary/aromatic N) is 2. The van der Waals surface area contributed by atoms with Gasteiger partial charge >= 0.3 is 0 Å². The van der Waals surface area contributed by atoms with E-state index in [0.717, 1.165) is 29.9 Å². The Balaban J connectivity index is 1.18. The van der Waals surface area contributed by atoms with Crippen molar-refractivity contribution in [1.82, 2.24) is 9.88 Å². The fourth-order valence-corrected chi connectivity index (χ4v) is 7.98. The third-order valence-electron chi connectivity index (χ3n) is 10.3. The fraction of sp³-hybridized carbons (Fsp3) is 0.0652. The smallest absolute Gasteiger partial charge is 0.130 e. The highest BCUT2D eigenvalue weighted by atomic mass is 15.1. The van der Waals surface area contributed by atoms with Crippen molar-refractivity contribution in [1.29, 1.82) is 0 Å². The Bertz CT molecular complexity index is 2730. The molecule has 0 bridgehead atoms. The van der Waals surface area contributed by atoms with E-state index in [1.807, 2.05) is 0 Å². The van der Waals surface area contributed by atoms with Crippen molar-refractivity contribution < 1.29 is 0 Å². The summed E-state index contributed by atoms with van der Waals surface area (Å²) >= 11 is 0. The van der Waals surface area contributed by atoms with Crippen LogP contribution in [0.5, 0.6) is 0 Å². The lowest BCUT2D eigenvalue weighted by Gasteiger charge is -2.27. The monoisotopic (exact) mass is 627 g/mol. The third-order valence-corrected chi connectivity index (χ3v) is 10.3. The van der Waals surface area contributed by atoms with E-state index in [9.17, 15) is 0 Å². The molecule has 0 fully saturated rings. The molecule has 2 heterocycles. The fourth-order valence-electron chi connectivity index (χ4n) is 7.98. The van der Waals surface area contributed by atoms with E-state index < -0.39 is 0 Å². The van der Waals surface area contributed by atoms with Crippen LogP contribution in [0.25, 0.3) is 65.5 Å². The van der Waals surface area contributed by atoms with Crippen molar-refractivity contribution in [2.75, 3.05) is 0 Å². The molecule has 1 aliphatic heterocycles. The summed E-state index contributed by atoms with van der Waals surface area (Å²) in [4.78, 5) is 5.21. The second-order valence-corrected chi connectivity index (χ2v) is 13.1. The molecule has 1 aliphatic carbocycles. The number of allylic oxidation sites excluding steroid dienone is 3. The minimum atomic E-state index is 0.0421. The Kier molecular flexibility index (Phi) is 6.38. The highest BCUT2D eigenvalue weighted by Crippen LogP contribution is 2.44. The molecule has 0 saturated carbocycles. The average Bonchev–Trinajstić information content (AvgIpc) is 3.52. The Labute approximate surface area is 284 Å². The van der Waals surface area contributed by atoms with Gasteiger partial charge in [-0.15, -0.1) is 0 Å². The van der Waals surface area contributed by atoms with Crippen molar-refractivity contribution in [2.24, 2.45) is 4.99 Å². The summed E-state index contributed by atoms with van der Waals surface area (Å²) < 4.78 is 2.55. The number of aromatic nitrogens is 1. The van der Waals surface area contributed by atoms with Gasteiger partial charge in [-0.2, -0.15) is 0 Å². The second kappa shape index (κ2) is 11.2. The van der Waals surface area contributed by atoms with Gasteiger partial charge in [-0.25, -0.2) is 4.99 Å². The van der Waals surface area contributed by atoms with Crippen LogP contribution in [-0.4, -0.2) is 10.4 Å². The maximum atomic E-state index is 5.21. The predicted molar refractivity (Wildman–Crippen MR) is 208 cm³/mol. The lowest BCUT2D eigenvalue weighted by Crippen LogP contribution is -2.32. The summed E-state index contributed by atoms with van der Waals surface area (Å²) in [7, 11) is 0. The summed E-state index contributed by atoms with van der Waals surface area (Å²) in [5.41, 5.74) is 8.44. The van der Waals surface area contributed by atoms with Crippen LogP contribution in [0.15, 0.2) is 174 Å².